The standard InChI is InChI=1S/C16H26O3S/c1-13-8-10-15(11-9-13)20(17,18)19-14(2)7-6-12-16(3,4)5/h8-11,14H,6-7,12H2,1-5H3. The topological polar surface area (TPSA) is 43.4 Å². The average Bonchev–Trinajstić information content (AvgIpc) is 2.26. The highest BCUT2D eigenvalue weighted by molar-refractivity contribution is 7.86. The molecule has 0 amide bonds. The molecule has 1 rings (SSSR count). The van der Waals surface area contributed by atoms with Gasteiger partial charge >= 0.3 is 0 Å². The van der Waals surface area contributed by atoms with E-state index in [-0.39, 0.29) is 16.4 Å². The van der Waals surface area contributed by atoms with Crippen LogP contribution in [0.5, 0.6) is 0 Å². The van der Waals surface area contributed by atoms with Crippen LogP contribution in [-0.2, 0) is 14.3 Å². The molecule has 0 aromatic heterocycles. The molecule has 0 radical (unpaired) electrons. The summed E-state index contributed by atoms with van der Waals surface area (Å²) in [5.41, 5.74) is 1.30. The van der Waals surface area contributed by atoms with E-state index in [1.165, 1.54) is 0 Å². The van der Waals surface area contributed by atoms with Crippen molar-refractivity contribution >= 4 is 10.1 Å². The number of hydrogen-bond donors (Lipinski definition) is 0. The van der Waals surface area contributed by atoms with Crippen molar-refractivity contribution in [2.24, 2.45) is 5.41 Å². The van der Waals surface area contributed by atoms with Gasteiger partial charge in [0.15, 0.2) is 0 Å². The molecule has 0 saturated carbocycles. The highest BCUT2D eigenvalue weighted by Crippen LogP contribution is 2.23. The Morgan fingerprint density at radius 2 is 1.70 bits per heavy atom. The van der Waals surface area contributed by atoms with Crippen LogP contribution >= 0.6 is 0 Å². The zero-order valence-electron chi connectivity index (χ0n) is 13.1. The minimum atomic E-state index is -3.64. The third-order valence-corrected chi connectivity index (χ3v) is 4.57. The summed E-state index contributed by atoms with van der Waals surface area (Å²) in [4.78, 5) is 0.228. The van der Waals surface area contributed by atoms with Crippen LogP contribution < -0.4 is 0 Å². The Kier molecular flexibility index (Phi) is 5.78. The fourth-order valence-electron chi connectivity index (χ4n) is 1.94. The minimum Gasteiger partial charge on any atom is -0.263 e. The molecule has 0 heterocycles. The smallest absolute Gasteiger partial charge is 0.263 e. The molecule has 114 valence electrons. The van der Waals surface area contributed by atoms with Gasteiger partial charge in [0.1, 0.15) is 0 Å². The molecule has 1 aromatic carbocycles. The Morgan fingerprint density at radius 3 is 2.20 bits per heavy atom. The van der Waals surface area contributed by atoms with Gasteiger partial charge in [-0.1, -0.05) is 44.9 Å². The van der Waals surface area contributed by atoms with E-state index in [2.05, 4.69) is 20.8 Å². The first-order valence-corrected chi connectivity index (χ1v) is 8.51. The minimum absolute atomic E-state index is 0.228. The fraction of sp³-hybridized carbons (Fsp3) is 0.625. The van der Waals surface area contributed by atoms with Crippen molar-refractivity contribution in [1.29, 1.82) is 0 Å². The van der Waals surface area contributed by atoms with Crippen molar-refractivity contribution < 1.29 is 12.6 Å². The highest BCUT2D eigenvalue weighted by atomic mass is 32.2. The maximum atomic E-state index is 12.1. The van der Waals surface area contributed by atoms with Gasteiger partial charge in [0, 0.05) is 0 Å². The van der Waals surface area contributed by atoms with Gasteiger partial charge in [0.05, 0.1) is 11.0 Å². The zero-order valence-corrected chi connectivity index (χ0v) is 14.0. The molecule has 0 saturated heterocycles. The van der Waals surface area contributed by atoms with Crippen LogP contribution in [0, 0.1) is 12.3 Å². The Hall–Kier alpha value is -0.870. The summed E-state index contributed by atoms with van der Waals surface area (Å²) in [5, 5.41) is 0. The molecular formula is C16H26O3S. The third-order valence-electron chi connectivity index (χ3n) is 3.14. The molecule has 0 N–H and O–H groups in total. The fourth-order valence-corrected chi connectivity index (χ4v) is 3.05. The van der Waals surface area contributed by atoms with E-state index in [4.69, 9.17) is 4.18 Å². The van der Waals surface area contributed by atoms with Gasteiger partial charge < -0.3 is 0 Å². The quantitative estimate of drug-likeness (QED) is 0.735. The van der Waals surface area contributed by atoms with Crippen molar-refractivity contribution in [3.05, 3.63) is 29.8 Å². The van der Waals surface area contributed by atoms with E-state index in [9.17, 15) is 8.42 Å². The molecule has 4 heteroatoms. The van der Waals surface area contributed by atoms with Gasteiger partial charge in [-0.25, -0.2) is 0 Å². The lowest BCUT2D eigenvalue weighted by Gasteiger charge is -2.19. The molecule has 0 aliphatic heterocycles. The Labute approximate surface area is 123 Å². The second kappa shape index (κ2) is 6.72. The van der Waals surface area contributed by atoms with Crippen LogP contribution in [0.15, 0.2) is 29.2 Å². The van der Waals surface area contributed by atoms with E-state index < -0.39 is 10.1 Å². The molecule has 1 unspecified atom stereocenters. The van der Waals surface area contributed by atoms with E-state index in [0.717, 1.165) is 24.8 Å². The molecule has 0 bridgehead atoms. The van der Waals surface area contributed by atoms with Crippen molar-refractivity contribution in [3.8, 4) is 0 Å². The molecule has 0 aliphatic carbocycles. The van der Waals surface area contributed by atoms with E-state index in [1.54, 1.807) is 24.3 Å². The molecule has 0 fully saturated rings. The average molecular weight is 298 g/mol. The molecule has 1 atom stereocenters. The van der Waals surface area contributed by atoms with Crippen LogP contribution in [0.1, 0.15) is 52.5 Å². The van der Waals surface area contributed by atoms with Crippen LogP contribution in [0.25, 0.3) is 0 Å². The van der Waals surface area contributed by atoms with Gasteiger partial charge in [-0.3, -0.25) is 4.18 Å². The van der Waals surface area contributed by atoms with Gasteiger partial charge in [-0.2, -0.15) is 8.42 Å². The third kappa shape index (κ3) is 6.06. The first-order valence-electron chi connectivity index (χ1n) is 7.10. The number of hydrogen-bond acceptors (Lipinski definition) is 3. The van der Waals surface area contributed by atoms with Gasteiger partial charge in [0.2, 0.25) is 0 Å². The van der Waals surface area contributed by atoms with Crippen LogP contribution in [0.4, 0.5) is 0 Å². The zero-order chi connectivity index (χ0) is 15.4. The summed E-state index contributed by atoms with van der Waals surface area (Å²) in [6.07, 6.45) is 2.49. The summed E-state index contributed by atoms with van der Waals surface area (Å²) >= 11 is 0. The molecular weight excluding hydrogens is 272 g/mol. The first-order chi connectivity index (χ1) is 9.10. The normalized spacial score (nSPS) is 14.2. The Bertz CT molecular complexity index is 510. The van der Waals surface area contributed by atoms with Crippen LogP contribution in [-0.4, -0.2) is 14.5 Å². The second-order valence-corrected chi connectivity index (χ2v) is 8.20. The Morgan fingerprint density at radius 1 is 1.15 bits per heavy atom. The van der Waals surface area contributed by atoms with Crippen molar-refractivity contribution in [2.45, 2.75) is 64.9 Å². The van der Waals surface area contributed by atoms with Crippen molar-refractivity contribution in [2.75, 3.05) is 0 Å². The predicted molar refractivity (Wildman–Crippen MR) is 82.2 cm³/mol. The summed E-state index contributed by atoms with van der Waals surface area (Å²) in [7, 11) is -3.64. The monoisotopic (exact) mass is 298 g/mol. The summed E-state index contributed by atoms with van der Waals surface area (Å²) in [6, 6.07) is 6.74. The summed E-state index contributed by atoms with van der Waals surface area (Å²) in [5.74, 6) is 0. The lowest BCUT2D eigenvalue weighted by atomic mass is 9.89. The summed E-state index contributed by atoms with van der Waals surface area (Å²) in [6.45, 7) is 10.3. The van der Waals surface area contributed by atoms with Gasteiger partial charge in [0.25, 0.3) is 10.1 Å². The van der Waals surface area contributed by atoms with Gasteiger partial charge in [-0.15, -0.1) is 0 Å². The molecule has 1 aromatic rings. The lowest BCUT2D eigenvalue weighted by Crippen LogP contribution is -2.16. The SMILES string of the molecule is Cc1ccc(S(=O)(=O)OC(C)CCCC(C)(C)C)cc1. The van der Waals surface area contributed by atoms with Crippen LogP contribution in [0.3, 0.4) is 0 Å². The molecule has 0 spiro atoms. The first kappa shape index (κ1) is 17.2. The molecule has 3 nitrogen and oxygen atoms in total. The summed E-state index contributed by atoms with van der Waals surface area (Å²) < 4.78 is 29.4. The lowest BCUT2D eigenvalue weighted by molar-refractivity contribution is 0.206. The van der Waals surface area contributed by atoms with Crippen LogP contribution in [0.2, 0.25) is 0 Å². The predicted octanol–water partition coefficient (Wildman–Crippen LogP) is 4.31. The maximum absolute atomic E-state index is 12.1. The maximum Gasteiger partial charge on any atom is 0.297 e. The van der Waals surface area contributed by atoms with E-state index in [0.29, 0.717) is 0 Å². The Balaban J connectivity index is 2.56. The second-order valence-electron chi connectivity index (χ2n) is 6.63. The molecule has 20 heavy (non-hydrogen) atoms. The van der Waals surface area contributed by atoms with Crippen molar-refractivity contribution in [1.82, 2.24) is 0 Å². The van der Waals surface area contributed by atoms with Gasteiger partial charge in [-0.05, 0) is 44.2 Å². The van der Waals surface area contributed by atoms with E-state index >= 15 is 0 Å². The highest BCUT2D eigenvalue weighted by Gasteiger charge is 2.19. The molecule has 0 aliphatic rings. The number of aryl methyl sites for hydroxylation is 1. The largest absolute Gasteiger partial charge is 0.297 e. The van der Waals surface area contributed by atoms with E-state index in [1.807, 2.05) is 13.8 Å². The number of rotatable bonds is 6. The number of benzene rings is 1. The van der Waals surface area contributed by atoms with Crippen molar-refractivity contribution in [3.63, 3.8) is 0 Å².